The van der Waals surface area contributed by atoms with E-state index in [0.29, 0.717) is 11.6 Å². The molecule has 0 radical (unpaired) electrons. The third kappa shape index (κ3) is 2.69. The summed E-state index contributed by atoms with van der Waals surface area (Å²) < 4.78 is 5.38. The van der Waals surface area contributed by atoms with E-state index in [-0.39, 0.29) is 0 Å². The molecule has 3 heteroatoms. The average Bonchev–Trinajstić information content (AvgIpc) is 2.69. The van der Waals surface area contributed by atoms with Crippen molar-refractivity contribution >= 4 is 0 Å². The Morgan fingerprint density at radius 2 is 2.21 bits per heavy atom. The van der Waals surface area contributed by atoms with Gasteiger partial charge in [-0.25, -0.2) is 0 Å². The van der Waals surface area contributed by atoms with E-state index in [1.54, 1.807) is 0 Å². The number of hydrogen-bond acceptors (Lipinski definition) is 3. The van der Waals surface area contributed by atoms with Gasteiger partial charge in [-0.1, -0.05) is 0 Å². The first kappa shape index (κ1) is 10.4. The Morgan fingerprint density at radius 1 is 1.43 bits per heavy atom. The van der Waals surface area contributed by atoms with Crippen LogP contribution in [0.15, 0.2) is 0 Å². The van der Waals surface area contributed by atoms with Gasteiger partial charge in [-0.3, -0.25) is 0 Å². The van der Waals surface area contributed by atoms with Crippen molar-refractivity contribution in [3.05, 3.63) is 0 Å². The van der Waals surface area contributed by atoms with Gasteiger partial charge in [0.05, 0.1) is 0 Å². The van der Waals surface area contributed by atoms with E-state index in [4.69, 9.17) is 4.74 Å². The molecule has 2 saturated heterocycles. The molecule has 0 amide bonds. The molecule has 3 nitrogen and oxygen atoms in total. The molecule has 0 aliphatic carbocycles. The summed E-state index contributed by atoms with van der Waals surface area (Å²) in [6.45, 7) is 6.48. The van der Waals surface area contributed by atoms with Gasteiger partial charge >= 0.3 is 0 Å². The SMILES string of the molecule is CC1(NCC2CCCN2)CCOCC1. The first-order valence-electron chi connectivity index (χ1n) is 5.85. The second-order valence-electron chi connectivity index (χ2n) is 4.85. The van der Waals surface area contributed by atoms with Gasteiger partial charge in [0.25, 0.3) is 0 Å². The van der Waals surface area contributed by atoms with Crippen molar-refractivity contribution in [2.45, 2.75) is 44.2 Å². The molecule has 2 aliphatic heterocycles. The lowest BCUT2D eigenvalue weighted by Crippen LogP contribution is -2.50. The summed E-state index contributed by atoms with van der Waals surface area (Å²) in [5, 5.41) is 7.22. The van der Waals surface area contributed by atoms with Crippen LogP contribution in [0.25, 0.3) is 0 Å². The minimum atomic E-state index is 0.322. The minimum absolute atomic E-state index is 0.322. The molecule has 0 saturated carbocycles. The Balaban J connectivity index is 1.72. The summed E-state index contributed by atoms with van der Waals surface area (Å²) in [7, 11) is 0. The molecule has 2 fully saturated rings. The maximum Gasteiger partial charge on any atom is 0.0483 e. The molecule has 2 N–H and O–H groups in total. The smallest absolute Gasteiger partial charge is 0.0483 e. The van der Waals surface area contributed by atoms with Crippen LogP contribution in [0.5, 0.6) is 0 Å². The van der Waals surface area contributed by atoms with Crippen LogP contribution in [0.2, 0.25) is 0 Å². The lowest BCUT2D eigenvalue weighted by molar-refractivity contribution is 0.0446. The topological polar surface area (TPSA) is 33.3 Å². The monoisotopic (exact) mass is 198 g/mol. The highest BCUT2D eigenvalue weighted by molar-refractivity contribution is 4.88. The van der Waals surface area contributed by atoms with Gasteiger partial charge in [0, 0.05) is 31.3 Å². The molecule has 2 heterocycles. The van der Waals surface area contributed by atoms with Crippen molar-refractivity contribution in [3.63, 3.8) is 0 Å². The van der Waals surface area contributed by atoms with Crippen LogP contribution in [-0.4, -0.2) is 37.9 Å². The van der Waals surface area contributed by atoms with Gasteiger partial charge < -0.3 is 15.4 Å². The lowest BCUT2D eigenvalue weighted by Gasteiger charge is -2.35. The largest absolute Gasteiger partial charge is 0.381 e. The highest BCUT2D eigenvalue weighted by Crippen LogP contribution is 2.19. The fraction of sp³-hybridized carbons (Fsp3) is 1.00. The zero-order valence-corrected chi connectivity index (χ0v) is 9.14. The van der Waals surface area contributed by atoms with Crippen LogP contribution in [0.4, 0.5) is 0 Å². The Labute approximate surface area is 86.6 Å². The molecule has 0 spiro atoms. The number of rotatable bonds is 3. The molecule has 2 rings (SSSR count). The molecular formula is C11H22N2O. The molecule has 0 aromatic heterocycles. The van der Waals surface area contributed by atoms with Crippen LogP contribution in [0.3, 0.4) is 0 Å². The van der Waals surface area contributed by atoms with Crippen molar-refractivity contribution in [2.75, 3.05) is 26.3 Å². The zero-order valence-electron chi connectivity index (χ0n) is 9.14. The van der Waals surface area contributed by atoms with Crippen molar-refractivity contribution in [3.8, 4) is 0 Å². The van der Waals surface area contributed by atoms with Gasteiger partial charge in [0.1, 0.15) is 0 Å². The zero-order chi connectivity index (χ0) is 9.86. The highest BCUT2D eigenvalue weighted by Gasteiger charge is 2.27. The molecule has 0 aromatic carbocycles. The standard InChI is InChI=1S/C11H22N2O/c1-11(4-7-14-8-5-11)13-9-10-3-2-6-12-10/h10,12-13H,2-9H2,1H3. The fourth-order valence-corrected chi connectivity index (χ4v) is 2.30. The molecule has 82 valence electrons. The maximum absolute atomic E-state index is 5.38. The van der Waals surface area contributed by atoms with Crippen LogP contribution in [-0.2, 0) is 4.74 Å². The van der Waals surface area contributed by atoms with Gasteiger partial charge in [-0.2, -0.15) is 0 Å². The summed E-state index contributed by atoms with van der Waals surface area (Å²) in [4.78, 5) is 0. The first-order valence-corrected chi connectivity index (χ1v) is 5.85. The third-order valence-electron chi connectivity index (χ3n) is 3.53. The quantitative estimate of drug-likeness (QED) is 0.707. The van der Waals surface area contributed by atoms with E-state index in [9.17, 15) is 0 Å². The van der Waals surface area contributed by atoms with Crippen molar-refractivity contribution in [2.24, 2.45) is 0 Å². The van der Waals surface area contributed by atoms with E-state index in [0.717, 1.165) is 32.6 Å². The normalized spacial score (nSPS) is 31.9. The minimum Gasteiger partial charge on any atom is -0.381 e. The molecular weight excluding hydrogens is 176 g/mol. The average molecular weight is 198 g/mol. The van der Waals surface area contributed by atoms with E-state index in [1.807, 2.05) is 0 Å². The Hall–Kier alpha value is -0.120. The fourth-order valence-electron chi connectivity index (χ4n) is 2.30. The lowest BCUT2D eigenvalue weighted by atomic mass is 9.92. The van der Waals surface area contributed by atoms with E-state index >= 15 is 0 Å². The summed E-state index contributed by atoms with van der Waals surface area (Å²) in [5.74, 6) is 0. The molecule has 2 aliphatic rings. The van der Waals surface area contributed by atoms with E-state index in [1.165, 1.54) is 19.4 Å². The van der Waals surface area contributed by atoms with Crippen LogP contribution in [0, 0.1) is 0 Å². The Kier molecular flexibility index (Phi) is 3.42. The van der Waals surface area contributed by atoms with Gasteiger partial charge in [-0.05, 0) is 39.2 Å². The summed E-state index contributed by atoms with van der Waals surface area (Å²) in [5.41, 5.74) is 0.322. The van der Waals surface area contributed by atoms with E-state index < -0.39 is 0 Å². The van der Waals surface area contributed by atoms with Crippen LogP contribution in [0.1, 0.15) is 32.6 Å². The molecule has 1 unspecified atom stereocenters. The number of ether oxygens (including phenoxy) is 1. The van der Waals surface area contributed by atoms with E-state index in [2.05, 4.69) is 17.6 Å². The first-order chi connectivity index (χ1) is 6.79. The molecule has 14 heavy (non-hydrogen) atoms. The van der Waals surface area contributed by atoms with Crippen molar-refractivity contribution in [1.29, 1.82) is 0 Å². The van der Waals surface area contributed by atoms with Crippen LogP contribution >= 0.6 is 0 Å². The predicted octanol–water partition coefficient (Wildman–Crippen LogP) is 0.897. The molecule has 0 bridgehead atoms. The van der Waals surface area contributed by atoms with Crippen LogP contribution < -0.4 is 10.6 Å². The summed E-state index contributed by atoms with van der Waals surface area (Å²) >= 11 is 0. The highest BCUT2D eigenvalue weighted by atomic mass is 16.5. The third-order valence-corrected chi connectivity index (χ3v) is 3.53. The second-order valence-corrected chi connectivity index (χ2v) is 4.85. The van der Waals surface area contributed by atoms with Gasteiger partial charge in [0.15, 0.2) is 0 Å². The van der Waals surface area contributed by atoms with Crippen molar-refractivity contribution in [1.82, 2.24) is 10.6 Å². The Bertz CT molecular complexity index is 172. The van der Waals surface area contributed by atoms with Gasteiger partial charge in [0.2, 0.25) is 0 Å². The van der Waals surface area contributed by atoms with Gasteiger partial charge in [-0.15, -0.1) is 0 Å². The number of hydrogen-bond donors (Lipinski definition) is 2. The Morgan fingerprint density at radius 3 is 2.86 bits per heavy atom. The molecule has 0 aromatic rings. The molecule has 1 atom stereocenters. The number of nitrogens with one attached hydrogen (secondary N) is 2. The predicted molar refractivity (Wildman–Crippen MR) is 57.5 cm³/mol. The second kappa shape index (κ2) is 4.60. The van der Waals surface area contributed by atoms with Crippen molar-refractivity contribution < 1.29 is 4.74 Å². The summed E-state index contributed by atoms with van der Waals surface area (Å²) in [6.07, 6.45) is 4.98. The summed E-state index contributed by atoms with van der Waals surface area (Å²) in [6, 6.07) is 0.703. The maximum atomic E-state index is 5.38.